The van der Waals surface area contributed by atoms with Crippen LogP contribution in [0.15, 0.2) is 17.7 Å². The molecule has 0 radical (unpaired) electrons. The van der Waals surface area contributed by atoms with Crippen LogP contribution in [0.25, 0.3) is 6.08 Å². The molecule has 0 aliphatic carbocycles. The van der Waals surface area contributed by atoms with E-state index in [9.17, 15) is 0 Å². The SMILES string of the molecule is CC(C)C(=Cc1ccc(Cl)s1)CO. The molecular formula is C10H13ClOS. The van der Waals surface area contributed by atoms with E-state index in [0.29, 0.717) is 5.92 Å². The molecule has 0 aliphatic rings. The van der Waals surface area contributed by atoms with E-state index in [4.69, 9.17) is 16.7 Å². The molecule has 1 rings (SSSR count). The second-order valence-corrected chi connectivity index (χ2v) is 4.92. The maximum absolute atomic E-state index is 9.07. The minimum atomic E-state index is 0.118. The van der Waals surface area contributed by atoms with Gasteiger partial charge in [-0.2, -0.15) is 0 Å². The molecule has 13 heavy (non-hydrogen) atoms. The molecule has 1 N–H and O–H groups in total. The summed E-state index contributed by atoms with van der Waals surface area (Å²) >= 11 is 7.32. The largest absolute Gasteiger partial charge is 0.392 e. The molecule has 72 valence electrons. The first-order chi connectivity index (χ1) is 6.13. The van der Waals surface area contributed by atoms with Crippen molar-refractivity contribution in [2.24, 2.45) is 5.92 Å². The highest BCUT2D eigenvalue weighted by molar-refractivity contribution is 7.17. The quantitative estimate of drug-likeness (QED) is 0.821. The van der Waals surface area contributed by atoms with Gasteiger partial charge in [-0.15, -0.1) is 11.3 Å². The van der Waals surface area contributed by atoms with Crippen LogP contribution < -0.4 is 0 Å². The van der Waals surface area contributed by atoms with Gasteiger partial charge in [-0.05, 0) is 29.7 Å². The number of aliphatic hydroxyl groups excluding tert-OH is 1. The summed E-state index contributed by atoms with van der Waals surface area (Å²) in [6.07, 6.45) is 2.00. The highest BCUT2D eigenvalue weighted by Crippen LogP contribution is 2.24. The molecule has 1 heterocycles. The lowest BCUT2D eigenvalue weighted by Gasteiger charge is -2.06. The highest BCUT2D eigenvalue weighted by atomic mass is 35.5. The summed E-state index contributed by atoms with van der Waals surface area (Å²) in [5, 5.41) is 9.07. The topological polar surface area (TPSA) is 20.2 Å². The van der Waals surface area contributed by atoms with E-state index in [1.165, 1.54) is 11.3 Å². The van der Waals surface area contributed by atoms with E-state index in [-0.39, 0.29) is 6.61 Å². The Bertz CT molecular complexity index is 302. The predicted octanol–water partition coefficient (Wildman–Crippen LogP) is 3.43. The van der Waals surface area contributed by atoms with Crippen molar-refractivity contribution in [3.63, 3.8) is 0 Å². The molecule has 0 unspecified atom stereocenters. The van der Waals surface area contributed by atoms with Crippen LogP contribution in [-0.2, 0) is 0 Å². The van der Waals surface area contributed by atoms with Crippen molar-refractivity contribution in [3.05, 3.63) is 26.9 Å². The third-order valence-electron chi connectivity index (χ3n) is 1.85. The number of aliphatic hydroxyl groups is 1. The van der Waals surface area contributed by atoms with Gasteiger partial charge in [0.15, 0.2) is 0 Å². The maximum atomic E-state index is 9.07. The van der Waals surface area contributed by atoms with Crippen LogP contribution in [0.5, 0.6) is 0 Å². The first kappa shape index (κ1) is 10.8. The van der Waals surface area contributed by atoms with Crippen molar-refractivity contribution in [2.75, 3.05) is 6.61 Å². The van der Waals surface area contributed by atoms with Crippen molar-refractivity contribution in [1.29, 1.82) is 0 Å². The van der Waals surface area contributed by atoms with Crippen molar-refractivity contribution in [2.45, 2.75) is 13.8 Å². The van der Waals surface area contributed by atoms with E-state index in [2.05, 4.69) is 13.8 Å². The monoisotopic (exact) mass is 216 g/mol. The second kappa shape index (κ2) is 4.80. The van der Waals surface area contributed by atoms with Crippen molar-refractivity contribution in [1.82, 2.24) is 0 Å². The van der Waals surface area contributed by atoms with Crippen LogP contribution in [0.4, 0.5) is 0 Å². The molecule has 1 aromatic rings. The van der Waals surface area contributed by atoms with Gasteiger partial charge >= 0.3 is 0 Å². The van der Waals surface area contributed by atoms with E-state index >= 15 is 0 Å². The normalized spacial score (nSPS) is 12.5. The fraction of sp³-hybridized carbons (Fsp3) is 0.400. The van der Waals surface area contributed by atoms with Crippen molar-refractivity contribution < 1.29 is 5.11 Å². The molecular weight excluding hydrogens is 204 g/mol. The molecule has 3 heteroatoms. The number of hydrogen-bond acceptors (Lipinski definition) is 2. The average molecular weight is 217 g/mol. The predicted molar refractivity (Wildman–Crippen MR) is 59.2 cm³/mol. The van der Waals surface area contributed by atoms with Gasteiger partial charge in [0.05, 0.1) is 10.9 Å². The summed E-state index contributed by atoms with van der Waals surface area (Å²) in [5.41, 5.74) is 1.04. The lowest BCUT2D eigenvalue weighted by atomic mass is 10.0. The Labute approximate surface area is 87.7 Å². The summed E-state index contributed by atoms with van der Waals surface area (Å²) in [5.74, 6) is 0.380. The van der Waals surface area contributed by atoms with Gasteiger partial charge in [-0.1, -0.05) is 25.4 Å². The third-order valence-corrected chi connectivity index (χ3v) is 3.02. The average Bonchev–Trinajstić information content (AvgIpc) is 2.46. The second-order valence-electron chi connectivity index (χ2n) is 3.17. The van der Waals surface area contributed by atoms with Gasteiger partial charge < -0.3 is 5.11 Å². The summed E-state index contributed by atoms with van der Waals surface area (Å²) < 4.78 is 0.785. The zero-order valence-electron chi connectivity index (χ0n) is 7.75. The van der Waals surface area contributed by atoms with Gasteiger partial charge in [0.25, 0.3) is 0 Å². The molecule has 0 bridgehead atoms. The molecule has 1 aromatic heterocycles. The van der Waals surface area contributed by atoms with Crippen LogP contribution in [0.3, 0.4) is 0 Å². The number of halogens is 1. The minimum Gasteiger partial charge on any atom is -0.392 e. The van der Waals surface area contributed by atoms with Crippen LogP contribution in [0, 0.1) is 5.92 Å². The Balaban J connectivity index is 2.84. The summed E-state index contributed by atoms with van der Waals surface area (Å²) in [6, 6.07) is 3.83. The third kappa shape index (κ3) is 3.14. The summed E-state index contributed by atoms with van der Waals surface area (Å²) in [6.45, 7) is 4.25. The zero-order chi connectivity index (χ0) is 9.84. The van der Waals surface area contributed by atoms with Crippen LogP contribution in [0.2, 0.25) is 4.34 Å². The molecule has 0 amide bonds. The van der Waals surface area contributed by atoms with Gasteiger partial charge in [-0.25, -0.2) is 0 Å². The van der Waals surface area contributed by atoms with E-state index < -0.39 is 0 Å². The Hall–Kier alpha value is -0.310. The molecule has 0 aromatic carbocycles. The minimum absolute atomic E-state index is 0.118. The standard InChI is InChI=1S/C10H13ClOS/c1-7(2)8(6-12)5-9-3-4-10(11)13-9/h3-5,7,12H,6H2,1-2H3. The van der Waals surface area contributed by atoms with Gasteiger partial charge in [0.1, 0.15) is 0 Å². The Morgan fingerprint density at radius 1 is 1.62 bits per heavy atom. The Morgan fingerprint density at radius 2 is 2.31 bits per heavy atom. The van der Waals surface area contributed by atoms with E-state index in [1.807, 2.05) is 18.2 Å². The maximum Gasteiger partial charge on any atom is 0.0934 e. The Kier molecular flexibility index (Phi) is 3.97. The molecule has 1 nitrogen and oxygen atoms in total. The van der Waals surface area contributed by atoms with Crippen molar-refractivity contribution >= 4 is 29.0 Å². The summed E-state index contributed by atoms with van der Waals surface area (Å²) in [7, 11) is 0. The fourth-order valence-electron chi connectivity index (χ4n) is 0.983. The molecule has 0 fully saturated rings. The molecule has 0 spiro atoms. The highest BCUT2D eigenvalue weighted by Gasteiger charge is 2.02. The Morgan fingerprint density at radius 3 is 2.69 bits per heavy atom. The lowest BCUT2D eigenvalue weighted by Crippen LogP contribution is -1.98. The van der Waals surface area contributed by atoms with Gasteiger partial charge in [-0.3, -0.25) is 0 Å². The van der Waals surface area contributed by atoms with E-state index in [1.54, 1.807) is 0 Å². The van der Waals surface area contributed by atoms with Gasteiger partial charge in [0.2, 0.25) is 0 Å². The zero-order valence-corrected chi connectivity index (χ0v) is 9.32. The first-order valence-electron chi connectivity index (χ1n) is 4.20. The number of thiophene rings is 1. The van der Waals surface area contributed by atoms with Crippen molar-refractivity contribution in [3.8, 4) is 0 Å². The smallest absolute Gasteiger partial charge is 0.0934 e. The van der Waals surface area contributed by atoms with Gasteiger partial charge in [0, 0.05) is 4.88 Å². The molecule has 0 atom stereocenters. The number of rotatable bonds is 3. The van der Waals surface area contributed by atoms with E-state index in [0.717, 1.165) is 14.8 Å². The molecule has 0 saturated heterocycles. The van der Waals surface area contributed by atoms with Crippen LogP contribution in [-0.4, -0.2) is 11.7 Å². The lowest BCUT2D eigenvalue weighted by molar-refractivity contribution is 0.320. The first-order valence-corrected chi connectivity index (χ1v) is 5.39. The molecule has 0 aliphatic heterocycles. The van der Waals surface area contributed by atoms with Crippen LogP contribution >= 0.6 is 22.9 Å². The number of hydrogen-bond donors (Lipinski definition) is 1. The summed E-state index contributed by atoms with van der Waals surface area (Å²) in [4.78, 5) is 1.10. The van der Waals surface area contributed by atoms with Crippen LogP contribution in [0.1, 0.15) is 18.7 Å². The molecule has 0 saturated carbocycles. The fourth-order valence-corrected chi connectivity index (χ4v) is 2.02.